The predicted octanol–water partition coefficient (Wildman–Crippen LogP) is 4.94. The van der Waals surface area contributed by atoms with Crippen molar-refractivity contribution in [2.45, 2.75) is 17.5 Å². The van der Waals surface area contributed by atoms with Gasteiger partial charge in [0, 0.05) is 11.6 Å². The Labute approximate surface area is 209 Å². The summed E-state index contributed by atoms with van der Waals surface area (Å²) in [6.07, 6.45) is 0. The largest absolute Gasteiger partial charge is 0.497 e. The first-order valence-electron chi connectivity index (χ1n) is 11.0. The average Bonchev–Trinajstić information content (AvgIpc) is 3.39. The second kappa shape index (κ2) is 10.2. The number of ether oxygens (including phenoxy) is 2. The van der Waals surface area contributed by atoms with Gasteiger partial charge in [0.05, 0.1) is 37.4 Å². The standard InChI is InChI=1S/C26H21FN4O4S/c1-33-19-11-17(12-20(13-19)34-2)24-29-23(35-30-24)15-36-26-28-22-6-4-3-5-21(22)25(32)31(26)14-16-7-9-18(27)10-8-16/h3-13H,14-15H2,1-2H3. The number of methoxy groups -OCH3 is 2. The van der Waals surface area contributed by atoms with E-state index in [0.29, 0.717) is 50.6 Å². The van der Waals surface area contributed by atoms with E-state index in [1.54, 1.807) is 67.3 Å². The number of hydrogen-bond acceptors (Lipinski definition) is 8. The summed E-state index contributed by atoms with van der Waals surface area (Å²) in [5.74, 6) is 1.93. The molecule has 0 N–H and O–H groups in total. The Balaban J connectivity index is 1.44. The molecule has 0 spiro atoms. The van der Waals surface area contributed by atoms with Gasteiger partial charge in [-0.25, -0.2) is 9.37 Å². The Morgan fingerprint density at radius 2 is 1.69 bits per heavy atom. The van der Waals surface area contributed by atoms with Crippen LogP contribution in [0.3, 0.4) is 0 Å². The first-order valence-corrected chi connectivity index (χ1v) is 12.0. The van der Waals surface area contributed by atoms with Crippen molar-refractivity contribution in [2.75, 3.05) is 14.2 Å². The highest BCUT2D eigenvalue weighted by molar-refractivity contribution is 7.98. The highest BCUT2D eigenvalue weighted by atomic mass is 32.2. The number of halogens is 1. The van der Waals surface area contributed by atoms with E-state index in [1.165, 1.54) is 23.9 Å². The Hall–Kier alpha value is -4.18. The van der Waals surface area contributed by atoms with Crippen LogP contribution in [-0.4, -0.2) is 33.9 Å². The SMILES string of the molecule is COc1cc(OC)cc(-c2noc(CSc3nc4ccccc4c(=O)n3Cc3ccc(F)cc3)n2)c1. The Kier molecular flexibility index (Phi) is 6.68. The summed E-state index contributed by atoms with van der Waals surface area (Å²) in [6, 6.07) is 18.5. The molecule has 0 radical (unpaired) electrons. The molecule has 0 aliphatic carbocycles. The van der Waals surface area contributed by atoms with Crippen molar-refractivity contribution in [2.24, 2.45) is 0 Å². The van der Waals surface area contributed by atoms with Gasteiger partial charge in [0.1, 0.15) is 17.3 Å². The molecule has 36 heavy (non-hydrogen) atoms. The fourth-order valence-corrected chi connectivity index (χ4v) is 4.50. The fourth-order valence-electron chi connectivity index (χ4n) is 3.66. The van der Waals surface area contributed by atoms with Gasteiger partial charge < -0.3 is 14.0 Å². The van der Waals surface area contributed by atoms with Gasteiger partial charge in [-0.2, -0.15) is 4.98 Å². The Bertz CT molecular complexity index is 1560. The molecule has 2 heterocycles. The van der Waals surface area contributed by atoms with E-state index in [9.17, 15) is 9.18 Å². The lowest BCUT2D eigenvalue weighted by Gasteiger charge is -2.12. The van der Waals surface area contributed by atoms with Gasteiger partial charge in [-0.15, -0.1) is 0 Å². The number of fused-ring (bicyclic) bond motifs is 1. The zero-order chi connectivity index (χ0) is 25.1. The molecule has 2 aromatic heterocycles. The van der Waals surface area contributed by atoms with Gasteiger partial charge in [-0.3, -0.25) is 9.36 Å². The number of nitrogens with zero attached hydrogens (tertiary/aromatic N) is 4. The molecule has 0 saturated heterocycles. The summed E-state index contributed by atoms with van der Waals surface area (Å²) < 4.78 is 31.0. The van der Waals surface area contributed by atoms with Crippen LogP contribution in [0, 0.1) is 5.82 Å². The summed E-state index contributed by atoms with van der Waals surface area (Å²) in [4.78, 5) is 22.5. The molecule has 0 bridgehead atoms. The maximum absolute atomic E-state index is 13.4. The number of rotatable bonds is 8. The van der Waals surface area contributed by atoms with Crippen LogP contribution in [-0.2, 0) is 12.3 Å². The number of para-hydroxylation sites is 1. The minimum Gasteiger partial charge on any atom is -0.497 e. The van der Waals surface area contributed by atoms with Gasteiger partial charge in [-0.1, -0.05) is 41.2 Å². The molecule has 10 heteroatoms. The van der Waals surface area contributed by atoms with Crippen molar-refractivity contribution in [1.82, 2.24) is 19.7 Å². The molecular formula is C26H21FN4O4S. The molecule has 0 aliphatic rings. The summed E-state index contributed by atoms with van der Waals surface area (Å²) in [6.45, 7) is 0.248. The van der Waals surface area contributed by atoms with Crippen LogP contribution in [0.2, 0.25) is 0 Å². The molecule has 0 unspecified atom stereocenters. The average molecular weight is 505 g/mol. The molecule has 0 fully saturated rings. The van der Waals surface area contributed by atoms with Crippen molar-refractivity contribution in [3.8, 4) is 22.9 Å². The van der Waals surface area contributed by atoms with Crippen molar-refractivity contribution < 1.29 is 18.4 Å². The van der Waals surface area contributed by atoms with Gasteiger partial charge in [0.25, 0.3) is 5.56 Å². The predicted molar refractivity (Wildman–Crippen MR) is 134 cm³/mol. The quantitative estimate of drug-likeness (QED) is 0.217. The monoisotopic (exact) mass is 504 g/mol. The third kappa shape index (κ3) is 4.94. The zero-order valence-electron chi connectivity index (χ0n) is 19.5. The first-order chi connectivity index (χ1) is 17.5. The molecule has 3 aromatic carbocycles. The van der Waals surface area contributed by atoms with Crippen LogP contribution in [0.1, 0.15) is 11.5 Å². The van der Waals surface area contributed by atoms with Crippen molar-refractivity contribution in [1.29, 1.82) is 0 Å². The lowest BCUT2D eigenvalue weighted by atomic mass is 10.2. The van der Waals surface area contributed by atoms with Gasteiger partial charge in [0.15, 0.2) is 5.16 Å². The Morgan fingerprint density at radius 3 is 2.42 bits per heavy atom. The highest BCUT2D eigenvalue weighted by Crippen LogP contribution is 2.29. The summed E-state index contributed by atoms with van der Waals surface area (Å²) in [5, 5.41) is 5.08. The van der Waals surface area contributed by atoms with Gasteiger partial charge >= 0.3 is 0 Å². The minimum absolute atomic E-state index is 0.179. The molecule has 5 rings (SSSR count). The summed E-state index contributed by atoms with van der Waals surface area (Å²) in [7, 11) is 3.14. The summed E-state index contributed by atoms with van der Waals surface area (Å²) >= 11 is 1.31. The molecule has 182 valence electrons. The molecule has 0 amide bonds. The van der Waals surface area contributed by atoms with E-state index in [2.05, 4.69) is 10.1 Å². The minimum atomic E-state index is -0.335. The molecule has 0 saturated carbocycles. The van der Waals surface area contributed by atoms with Crippen LogP contribution < -0.4 is 15.0 Å². The van der Waals surface area contributed by atoms with E-state index >= 15 is 0 Å². The van der Waals surface area contributed by atoms with Crippen molar-refractivity contribution >= 4 is 22.7 Å². The number of aromatic nitrogens is 4. The topological polar surface area (TPSA) is 92.3 Å². The van der Waals surface area contributed by atoms with Crippen molar-refractivity contribution in [3.63, 3.8) is 0 Å². The lowest BCUT2D eigenvalue weighted by molar-refractivity contribution is 0.390. The lowest BCUT2D eigenvalue weighted by Crippen LogP contribution is -2.24. The second-order valence-electron chi connectivity index (χ2n) is 7.83. The maximum atomic E-state index is 13.4. The third-order valence-corrected chi connectivity index (χ3v) is 6.44. The van der Waals surface area contributed by atoms with Crippen LogP contribution in [0.4, 0.5) is 4.39 Å². The second-order valence-corrected chi connectivity index (χ2v) is 8.77. The summed E-state index contributed by atoms with van der Waals surface area (Å²) in [5.41, 5.74) is 1.88. The highest BCUT2D eigenvalue weighted by Gasteiger charge is 2.16. The number of hydrogen-bond donors (Lipinski definition) is 0. The van der Waals surface area contributed by atoms with Crippen LogP contribution in [0.25, 0.3) is 22.3 Å². The van der Waals surface area contributed by atoms with E-state index in [1.807, 2.05) is 6.07 Å². The fraction of sp³-hybridized carbons (Fsp3) is 0.154. The van der Waals surface area contributed by atoms with Crippen LogP contribution >= 0.6 is 11.8 Å². The van der Waals surface area contributed by atoms with E-state index in [4.69, 9.17) is 19.0 Å². The molecule has 8 nitrogen and oxygen atoms in total. The molecular weight excluding hydrogens is 483 g/mol. The van der Waals surface area contributed by atoms with Gasteiger partial charge in [0.2, 0.25) is 11.7 Å². The van der Waals surface area contributed by atoms with E-state index in [0.717, 1.165) is 5.56 Å². The molecule has 0 atom stereocenters. The third-order valence-electron chi connectivity index (χ3n) is 5.48. The molecule has 0 aliphatic heterocycles. The van der Waals surface area contributed by atoms with Crippen LogP contribution in [0.5, 0.6) is 11.5 Å². The molecule has 5 aromatic rings. The smallest absolute Gasteiger partial charge is 0.262 e. The first kappa shape index (κ1) is 23.6. The number of thioether (sulfide) groups is 1. The number of benzene rings is 3. The Morgan fingerprint density at radius 1 is 0.972 bits per heavy atom. The van der Waals surface area contributed by atoms with Crippen molar-refractivity contribution in [3.05, 3.63) is 94.4 Å². The van der Waals surface area contributed by atoms with E-state index < -0.39 is 0 Å². The van der Waals surface area contributed by atoms with Gasteiger partial charge in [-0.05, 0) is 42.0 Å². The van der Waals surface area contributed by atoms with Crippen LogP contribution in [0.15, 0.2) is 81.2 Å². The zero-order valence-corrected chi connectivity index (χ0v) is 20.3. The van der Waals surface area contributed by atoms with E-state index in [-0.39, 0.29) is 17.9 Å². The maximum Gasteiger partial charge on any atom is 0.262 e. The normalized spacial score (nSPS) is 11.1.